The molecule has 0 saturated carbocycles. The number of likely N-dealkylation sites (N-methyl/N-ethyl adjacent to an activating group) is 1. The highest BCUT2D eigenvalue weighted by atomic mass is 32.1. The number of ether oxygens (including phenoxy) is 2. The Balaban J connectivity index is 2.82. The molecule has 1 aromatic heterocycles. The third-order valence-corrected chi connectivity index (χ3v) is 6.58. The van der Waals surface area contributed by atoms with E-state index >= 15 is 0 Å². The van der Waals surface area contributed by atoms with Crippen LogP contribution in [0.5, 0.6) is 0 Å². The number of thiophene rings is 1. The van der Waals surface area contributed by atoms with Crippen LogP contribution >= 0.6 is 11.3 Å². The van der Waals surface area contributed by atoms with E-state index < -0.39 is 24.1 Å². The van der Waals surface area contributed by atoms with Crippen LogP contribution < -0.4 is 0 Å². The maximum atomic E-state index is 12.2. The molecular weight excluding hydrogens is 450 g/mol. The van der Waals surface area contributed by atoms with Gasteiger partial charge in [-0.2, -0.15) is 0 Å². The number of rotatable bonds is 15. The Bertz CT molecular complexity index is 822. The third-order valence-electron chi connectivity index (χ3n) is 5.52. The molecule has 1 rings (SSSR count). The summed E-state index contributed by atoms with van der Waals surface area (Å²) in [6.45, 7) is 8.51. The van der Waals surface area contributed by atoms with Crippen molar-refractivity contribution in [1.29, 1.82) is 0 Å². The lowest BCUT2D eigenvalue weighted by Gasteiger charge is -2.34. The molecule has 0 radical (unpaired) electrons. The van der Waals surface area contributed by atoms with Crippen LogP contribution in [0.1, 0.15) is 108 Å². The Kier molecular flexibility index (Phi) is 15.0. The number of unbranched alkanes of at least 4 members (excludes halogenated alkanes) is 8. The average Bonchev–Trinajstić information content (AvgIpc) is 3.24. The largest absolute Gasteiger partial charge is 0.464 e. The van der Waals surface area contributed by atoms with Gasteiger partial charge in [-0.3, -0.25) is 14.4 Å². The second kappa shape index (κ2) is 17.2. The van der Waals surface area contributed by atoms with Gasteiger partial charge in [0.1, 0.15) is 12.6 Å². The molecule has 0 aliphatic carbocycles. The zero-order chi connectivity index (χ0) is 25.3. The molecule has 0 aliphatic heterocycles. The lowest BCUT2D eigenvalue weighted by Crippen LogP contribution is -2.46. The van der Waals surface area contributed by atoms with Gasteiger partial charge in [0, 0.05) is 38.6 Å². The van der Waals surface area contributed by atoms with Gasteiger partial charge in [0.05, 0.1) is 4.88 Å². The highest BCUT2D eigenvalue weighted by Crippen LogP contribution is 2.31. The Hall–Kier alpha value is -2.33. The average molecular weight is 492 g/mol. The van der Waals surface area contributed by atoms with Crippen LogP contribution in [0.15, 0.2) is 12.1 Å². The first kappa shape index (κ1) is 29.7. The van der Waals surface area contributed by atoms with Gasteiger partial charge in [-0.25, -0.2) is 0 Å². The molecule has 0 bridgehead atoms. The van der Waals surface area contributed by atoms with E-state index in [0.29, 0.717) is 6.54 Å². The molecule has 1 heterocycles. The van der Waals surface area contributed by atoms with Crippen LogP contribution in [0.3, 0.4) is 0 Å². The fourth-order valence-corrected chi connectivity index (χ4v) is 4.78. The predicted molar refractivity (Wildman–Crippen MR) is 136 cm³/mol. The molecule has 0 fully saturated rings. The second-order valence-electron chi connectivity index (χ2n) is 8.43. The smallest absolute Gasteiger partial charge is 0.303 e. The summed E-state index contributed by atoms with van der Waals surface area (Å²) in [4.78, 5) is 38.7. The molecule has 1 amide bonds. The van der Waals surface area contributed by atoms with Crippen molar-refractivity contribution in [1.82, 2.24) is 4.90 Å². The first-order valence-corrected chi connectivity index (χ1v) is 13.3. The van der Waals surface area contributed by atoms with E-state index in [9.17, 15) is 14.4 Å². The maximum absolute atomic E-state index is 12.2. The van der Waals surface area contributed by atoms with Crippen molar-refractivity contribution in [3.05, 3.63) is 21.9 Å². The normalized spacial score (nSPS) is 12.3. The van der Waals surface area contributed by atoms with Crippen molar-refractivity contribution >= 4 is 29.2 Å². The van der Waals surface area contributed by atoms with Crippen LogP contribution in [0, 0.1) is 11.8 Å². The topological polar surface area (TPSA) is 72.9 Å². The molecule has 0 aromatic carbocycles. The van der Waals surface area contributed by atoms with Crippen LogP contribution in [-0.4, -0.2) is 41.9 Å². The van der Waals surface area contributed by atoms with Gasteiger partial charge < -0.3 is 14.4 Å². The maximum Gasteiger partial charge on any atom is 0.303 e. The minimum absolute atomic E-state index is 0.0575. The summed E-state index contributed by atoms with van der Waals surface area (Å²) in [5.74, 6) is 5.36. The van der Waals surface area contributed by atoms with Gasteiger partial charge in [-0.05, 0) is 25.5 Å². The van der Waals surface area contributed by atoms with Crippen molar-refractivity contribution in [2.45, 2.75) is 105 Å². The molecule has 0 N–H and O–H groups in total. The fourth-order valence-electron chi connectivity index (χ4n) is 3.81. The van der Waals surface area contributed by atoms with Crippen LogP contribution in [0.25, 0.3) is 0 Å². The molecule has 2 unspecified atom stereocenters. The summed E-state index contributed by atoms with van der Waals surface area (Å²) in [5, 5.41) is 0. The summed E-state index contributed by atoms with van der Waals surface area (Å²) in [6, 6.07) is 3.16. The fraction of sp³-hybridized carbons (Fsp3) is 0.667. The number of hydrogen-bond acceptors (Lipinski definition) is 6. The highest BCUT2D eigenvalue weighted by molar-refractivity contribution is 7.12. The molecule has 190 valence electrons. The minimum Gasteiger partial charge on any atom is -0.464 e. The van der Waals surface area contributed by atoms with E-state index in [1.807, 2.05) is 19.1 Å². The monoisotopic (exact) mass is 491 g/mol. The summed E-state index contributed by atoms with van der Waals surface area (Å²) in [5.41, 5.74) is 0. The summed E-state index contributed by atoms with van der Waals surface area (Å²) < 4.78 is 10.8. The summed E-state index contributed by atoms with van der Waals surface area (Å²) >= 11 is 1.44. The van der Waals surface area contributed by atoms with Gasteiger partial charge in [0.15, 0.2) is 6.10 Å². The van der Waals surface area contributed by atoms with E-state index in [0.717, 1.165) is 22.6 Å². The first-order chi connectivity index (χ1) is 16.3. The van der Waals surface area contributed by atoms with Gasteiger partial charge in [0.2, 0.25) is 5.91 Å². The predicted octanol–water partition coefficient (Wildman–Crippen LogP) is 6.03. The van der Waals surface area contributed by atoms with Gasteiger partial charge >= 0.3 is 11.9 Å². The van der Waals surface area contributed by atoms with E-state index in [1.165, 1.54) is 77.1 Å². The zero-order valence-corrected chi connectivity index (χ0v) is 22.3. The van der Waals surface area contributed by atoms with Gasteiger partial charge in [-0.15, -0.1) is 11.3 Å². The molecule has 0 aliphatic rings. The molecule has 0 spiro atoms. The molecule has 6 nitrogen and oxygen atoms in total. The molecular formula is C27H41NO5S. The first-order valence-electron chi connectivity index (χ1n) is 12.5. The van der Waals surface area contributed by atoms with E-state index in [1.54, 1.807) is 4.90 Å². The minimum atomic E-state index is -0.742. The molecule has 2 atom stereocenters. The number of hydrogen-bond donors (Lipinski definition) is 0. The quantitative estimate of drug-likeness (QED) is 0.170. The molecule has 1 aromatic rings. The van der Waals surface area contributed by atoms with E-state index in [-0.39, 0.29) is 12.5 Å². The van der Waals surface area contributed by atoms with Crippen molar-refractivity contribution < 1.29 is 23.9 Å². The van der Waals surface area contributed by atoms with Crippen molar-refractivity contribution in [2.24, 2.45) is 0 Å². The molecule has 34 heavy (non-hydrogen) atoms. The molecule has 7 heteroatoms. The second-order valence-corrected chi connectivity index (χ2v) is 9.55. The van der Waals surface area contributed by atoms with Gasteiger partial charge in [-0.1, -0.05) is 63.7 Å². The lowest BCUT2D eigenvalue weighted by molar-refractivity contribution is -0.159. The Morgan fingerprint density at radius 2 is 1.59 bits per heavy atom. The van der Waals surface area contributed by atoms with E-state index in [4.69, 9.17) is 9.47 Å². The Labute approximate surface area is 209 Å². The third kappa shape index (κ3) is 11.7. The Morgan fingerprint density at radius 1 is 0.941 bits per heavy atom. The number of carbonyl (C=O) groups excluding carboxylic acids is 3. The molecule has 0 saturated heterocycles. The zero-order valence-electron chi connectivity index (χ0n) is 21.5. The SMILES string of the molecule is CCCCCCCCCCC#Cc1ccc(C(OC(C)=O)C(COC(C)=O)N(CC)C(C)=O)s1. The number of carbonyl (C=O) groups is 3. The summed E-state index contributed by atoms with van der Waals surface area (Å²) in [7, 11) is 0. The number of amides is 1. The highest BCUT2D eigenvalue weighted by Gasteiger charge is 2.34. The van der Waals surface area contributed by atoms with Gasteiger partial charge in [0.25, 0.3) is 0 Å². The number of nitrogens with zero attached hydrogens (tertiary/aromatic N) is 1. The Morgan fingerprint density at radius 3 is 2.15 bits per heavy atom. The number of esters is 2. The van der Waals surface area contributed by atoms with Crippen LogP contribution in [0.4, 0.5) is 0 Å². The summed E-state index contributed by atoms with van der Waals surface area (Å²) in [6.07, 6.45) is 10.3. The van der Waals surface area contributed by atoms with Crippen molar-refractivity contribution in [3.63, 3.8) is 0 Å². The lowest BCUT2D eigenvalue weighted by atomic mass is 10.1. The standard InChI is InChI=1S/C27H41NO5S/c1-6-8-9-10-11-12-13-14-15-16-17-24-18-19-26(34-24)27(33-23(5)31)25(20-32-22(4)30)28(7-2)21(3)29/h18-19,25,27H,6-15,20H2,1-5H3. The van der Waals surface area contributed by atoms with Crippen LogP contribution in [0.2, 0.25) is 0 Å². The van der Waals surface area contributed by atoms with E-state index in [2.05, 4.69) is 18.8 Å². The van der Waals surface area contributed by atoms with Crippen LogP contribution in [-0.2, 0) is 23.9 Å². The van der Waals surface area contributed by atoms with Crippen molar-refractivity contribution in [2.75, 3.05) is 13.2 Å². The van der Waals surface area contributed by atoms with Crippen molar-refractivity contribution in [3.8, 4) is 11.8 Å².